The number of aromatic amines is 1. The molecule has 1 N–H and O–H groups in total. The van der Waals surface area contributed by atoms with Crippen LogP contribution >= 0.6 is 11.8 Å². The molecule has 1 amide bonds. The second-order valence-electron chi connectivity index (χ2n) is 7.76. The van der Waals surface area contributed by atoms with Gasteiger partial charge in [0.1, 0.15) is 0 Å². The largest absolute Gasteiger partial charge is 0.325 e. The SMILES string of the molecule is CCSc1n[n+]2c(c(=O)[nH]1)-c1ccccc1N(C(C)=O)C2c1cn(C(C)=O)c2ccccc12. The van der Waals surface area contributed by atoms with Crippen molar-refractivity contribution in [2.45, 2.75) is 32.1 Å². The minimum atomic E-state index is -0.739. The van der Waals surface area contributed by atoms with Gasteiger partial charge in [-0.25, -0.2) is 4.90 Å². The highest BCUT2D eigenvalue weighted by Crippen LogP contribution is 2.39. The van der Waals surface area contributed by atoms with E-state index in [0.717, 1.165) is 16.7 Å². The van der Waals surface area contributed by atoms with Crippen molar-refractivity contribution in [3.63, 3.8) is 0 Å². The van der Waals surface area contributed by atoms with E-state index < -0.39 is 6.17 Å². The second kappa shape index (κ2) is 8.00. The van der Waals surface area contributed by atoms with E-state index in [1.165, 1.54) is 25.6 Å². The van der Waals surface area contributed by atoms with Crippen molar-refractivity contribution in [2.24, 2.45) is 0 Å². The van der Waals surface area contributed by atoms with E-state index >= 15 is 0 Å². The Balaban J connectivity index is 1.90. The third-order valence-electron chi connectivity index (χ3n) is 5.74. The lowest BCUT2D eigenvalue weighted by atomic mass is 10.0. The first-order valence-corrected chi connectivity index (χ1v) is 11.6. The van der Waals surface area contributed by atoms with Crippen LogP contribution in [0.5, 0.6) is 0 Å². The molecule has 1 unspecified atom stereocenters. The van der Waals surface area contributed by atoms with Crippen LogP contribution in [0.1, 0.15) is 37.3 Å². The molecule has 0 radical (unpaired) electrons. The van der Waals surface area contributed by atoms with Crippen LogP contribution in [-0.2, 0) is 4.79 Å². The summed E-state index contributed by atoms with van der Waals surface area (Å²) in [5, 5.41) is 6.03. The van der Waals surface area contributed by atoms with Gasteiger partial charge in [-0.1, -0.05) is 49.0 Å². The van der Waals surface area contributed by atoms with Gasteiger partial charge in [0.25, 0.3) is 6.17 Å². The first-order chi connectivity index (χ1) is 15.9. The number of para-hydroxylation sites is 2. The van der Waals surface area contributed by atoms with E-state index in [1.54, 1.807) is 20.3 Å². The van der Waals surface area contributed by atoms with Gasteiger partial charge in [0, 0.05) is 30.5 Å². The Morgan fingerprint density at radius 2 is 1.82 bits per heavy atom. The number of amides is 1. The number of carbonyl (C=O) groups is 2. The summed E-state index contributed by atoms with van der Waals surface area (Å²) in [4.78, 5) is 43.2. The maximum atomic E-state index is 13.3. The zero-order valence-corrected chi connectivity index (χ0v) is 19.2. The number of carbonyl (C=O) groups excluding carboxylic acids is 2. The number of fused-ring (bicyclic) bond motifs is 4. The molecule has 9 heteroatoms. The van der Waals surface area contributed by atoms with E-state index in [9.17, 15) is 14.4 Å². The fourth-order valence-electron chi connectivity index (χ4n) is 4.47. The Hall–Kier alpha value is -3.72. The summed E-state index contributed by atoms with van der Waals surface area (Å²) < 4.78 is 3.19. The van der Waals surface area contributed by atoms with E-state index in [0.29, 0.717) is 27.7 Å². The third kappa shape index (κ3) is 3.27. The van der Waals surface area contributed by atoms with Crippen molar-refractivity contribution >= 4 is 40.2 Å². The number of hydrogen-bond acceptors (Lipinski definition) is 5. The number of benzene rings is 2. The molecule has 1 aliphatic heterocycles. The molecule has 2 aromatic heterocycles. The minimum Gasteiger partial charge on any atom is -0.291 e. The predicted octanol–water partition coefficient (Wildman–Crippen LogP) is 3.36. The van der Waals surface area contributed by atoms with Gasteiger partial charge in [-0.05, 0) is 28.6 Å². The highest BCUT2D eigenvalue weighted by atomic mass is 32.2. The van der Waals surface area contributed by atoms with Crippen LogP contribution in [0.15, 0.2) is 64.7 Å². The fourth-order valence-corrected chi connectivity index (χ4v) is 5.05. The number of thioether (sulfide) groups is 1. The van der Waals surface area contributed by atoms with Crippen molar-refractivity contribution < 1.29 is 14.3 Å². The molecule has 166 valence electrons. The number of nitrogens with zero attached hydrogens (tertiary/aromatic N) is 4. The Kier molecular flexibility index (Phi) is 5.13. The maximum absolute atomic E-state index is 13.3. The van der Waals surface area contributed by atoms with E-state index in [2.05, 4.69) is 4.98 Å². The molecule has 4 aromatic rings. The lowest BCUT2D eigenvalue weighted by Crippen LogP contribution is -2.60. The van der Waals surface area contributed by atoms with E-state index in [4.69, 9.17) is 5.10 Å². The summed E-state index contributed by atoms with van der Waals surface area (Å²) in [6.45, 7) is 4.97. The number of nitrogens with one attached hydrogen (secondary N) is 1. The summed E-state index contributed by atoms with van der Waals surface area (Å²) in [6.07, 6.45) is 1.00. The van der Waals surface area contributed by atoms with E-state index in [1.807, 2.05) is 55.5 Å². The molecule has 1 atom stereocenters. The van der Waals surface area contributed by atoms with Gasteiger partial charge < -0.3 is 0 Å². The number of hydrogen-bond donors (Lipinski definition) is 1. The summed E-state index contributed by atoms with van der Waals surface area (Å²) in [7, 11) is 0. The molecule has 0 saturated heterocycles. The van der Waals surface area contributed by atoms with Crippen LogP contribution in [0.3, 0.4) is 0 Å². The molecule has 0 fully saturated rings. The van der Waals surface area contributed by atoms with Gasteiger partial charge >= 0.3 is 11.3 Å². The maximum Gasteiger partial charge on any atom is 0.325 e. The molecule has 0 bridgehead atoms. The zero-order valence-electron chi connectivity index (χ0n) is 18.4. The summed E-state index contributed by atoms with van der Waals surface area (Å²) in [5.41, 5.74) is 2.78. The number of anilines is 1. The zero-order chi connectivity index (χ0) is 23.3. The molecule has 0 saturated carbocycles. The molecule has 3 heterocycles. The lowest BCUT2D eigenvalue weighted by molar-refractivity contribution is -0.762. The molecule has 33 heavy (non-hydrogen) atoms. The summed E-state index contributed by atoms with van der Waals surface area (Å²) in [5.74, 6) is 0.384. The van der Waals surface area contributed by atoms with Crippen LogP contribution in [0, 0.1) is 0 Å². The summed E-state index contributed by atoms with van der Waals surface area (Å²) >= 11 is 1.41. The number of H-pyrrole nitrogens is 1. The van der Waals surface area contributed by atoms with Crippen molar-refractivity contribution in [1.29, 1.82) is 0 Å². The highest BCUT2D eigenvalue weighted by molar-refractivity contribution is 7.99. The first-order valence-electron chi connectivity index (χ1n) is 10.6. The monoisotopic (exact) mass is 460 g/mol. The van der Waals surface area contributed by atoms with Gasteiger partial charge in [0.15, 0.2) is 0 Å². The van der Waals surface area contributed by atoms with E-state index in [-0.39, 0.29) is 17.4 Å². The molecule has 1 aliphatic rings. The highest BCUT2D eigenvalue weighted by Gasteiger charge is 2.46. The molecule has 8 nitrogen and oxygen atoms in total. The van der Waals surface area contributed by atoms with Gasteiger partial charge in [0.05, 0.1) is 22.3 Å². The predicted molar refractivity (Wildman–Crippen MR) is 126 cm³/mol. The average molecular weight is 461 g/mol. The van der Waals surface area contributed by atoms with Gasteiger partial charge in [-0.3, -0.25) is 23.9 Å². The Morgan fingerprint density at radius 1 is 1.09 bits per heavy atom. The van der Waals surface area contributed by atoms with Gasteiger partial charge in [-0.15, -0.1) is 0 Å². The Morgan fingerprint density at radius 3 is 2.55 bits per heavy atom. The van der Waals surface area contributed by atoms with Crippen LogP contribution in [0.2, 0.25) is 0 Å². The Bertz CT molecular complexity index is 1490. The van der Waals surface area contributed by atoms with Gasteiger partial charge in [-0.2, -0.15) is 0 Å². The smallest absolute Gasteiger partial charge is 0.291 e. The molecular weight excluding hydrogens is 438 g/mol. The third-order valence-corrected chi connectivity index (χ3v) is 6.48. The topological polar surface area (TPSA) is 91.9 Å². The van der Waals surface area contributed by atoms with Crippen molar-refractivity contribution in [3.8, 4) is 11.3 Å². The van der Waals surface area contributed by atoms with Crippen LogP contribution in [-0.4, -0.2) is 32.2 Å². The Labute approximate surface area is 193 Å². The molecule has 5 rings (SSSR count). The molecule has 0 aliphatic carbocycles. The number of rotatable bonds is 3. The van der Waals surface area contributed by atoms with Crippen molar-refractivity contribution in [1.82, 2.24) is 14.6 Å². The van der Waals surface area contributed by atoms with Crippen LogP contribution in [0.4, 0.5) is 5.69 Å². The van der Waals surface area contributed by atoms with Crippen LogP contribution < -0.4 is 15.1 Å². The molecule has 2 aromatic carbocycles. The molecule has 0 spiro atoms. The van der Waals surface area contributed by atoms with Crippen molar-refractivity contribution in [3.05, 3.63) is 70.6 Å². The number of aromatic nitrogens is 4. The lowest BCUT2D eigenvalue weighted by Gasteiger charge is -2.31. The van der Waals surface area contributed by atoms with Crippen LogP contribution in [0.25, 0.3) is 22.2 Å². The normalized spacial score (nSPS) is 14.8. The molecular formula is C24H22N5O3S+. The summed E-state index contributed by atoms with van der Waals surface area (Å²) in [6, 6.07) is 14.8. The van der Waals surface area contributed by atoms with Crippen molar-refractivity contribution in [2.75, 3.05) is 10.7 Å². The fraction of sp³-hybridized carbons (Fsp3) is 0.208. The standard InChI is InChI=1S/C24H21N5O3S/c1-4-33-24-25-22(32)21-17-10-6-8-12-20(17)28(15(3)31)23(29(21)26-24)18-13-27(14(2)30)19-11-7-5-9-16(18)19/h5-13,23H,4H2,1-3H3/p+1. The second-order valence-corrected chi connectivity index (χ2v) is 9.01. The quantitative estimate of drug-likeness (QED) is 0.374. The first kappa shape index (κ1) is 21.1. The van der Waals surface area contributed by atoms with Gasteiger partial charge in [0.2, 0.25) is 17.0 Å². The average Bonchev–Trinajstić information content (AvgIpc) is 3.17. The minimum absolute atomic E-state index is 0.144.